The van der Waals surface area contributed by atoms with Gasteiger partial charge < -0.3 is 9.64 Å². The number of benzene rings is 3. The van der Waals surface area contributed by atoms with Crippen molar-refractivity contribution in [2.45, 2.75) is 51.4 Å². The lowest BCUT2D eigenvalue weighted by molar-refractivity contribution is -0.0885. The van der Waals surface area contributed by atoms with E-state index in [0.717, 1.165) is 46.9 Å². The van der Waals surface area contributed by atoms with Crippen molar-refractivity contribution in [1.82, 2.24) is 4.90 Å². The lowest BCUT2D eigenvalue weighted by atomic mass is 9.86. The number of methoxy groups -OCH3 is 1. The van der Waals surface area contributed by atoms with E-state index < -0.39 is 17.5 Å². The van der Waals surface area contributed by atoms with Gasteiger partial charge in [0.2, 0.25) is 0 Å². The maximum Gasteiger partial charge on any atom is 0.454 e. The molecule has 3 aromatic carbocycles. The van der Waals surface area contributed by atoms with Crippen molar-refractivity contribution in [3.05, 3.63) is 87.8 Å². The summed E-state index contributed by atoms with van der Waals surface area (Å²) in [5.74, 6) is -0.809. The van der Waals surface area contributed by atoms with Crippen LogP contribution in [0.2, 0.25) is 5.02 Å². The Kier molecular flexibility index (Phi) is 8.43. The van der Waals surface area contributed by atoms with Crippen LogP contribution in [-0.2, 0) is 6.54 Å². The number of carbonyl (C=O) groups excluding carboxylic acids is 2. The van der Waals surface area contributed by atoms with Crippen LogP contribution in [0.1, 0.15) is 58.2 Å². The maximum atomic E-state index is 14.1. The van der Waals surface area contributed by atoms with Gasteiger partial charge >= 0.3 is 6.18 Å². The van der Waals surface area contributed by atoms with Crippen LogP contribution < -0.4 is 4.74 Å². The van der Waals surface area contributed by atoms with Gasteiger partial charge in [-0.3, -0.25) is 9.59 Å². The molecule has 0 radical (unpaired) electrons. The Bertz CT molecular complexity index is 1570. The molecule has 5 rings (SSSR count). The average Bonchev–Trinajstić information content (AvgIpc) is 3.31. The molecule has 1 aliphatic carbocycles. The van der Waals surface area contributed by atoms with Crippen LogP contribution in [0.15, 0.2) is 66.7 Å². The lowest BCUT2D eigenvalue weighted by Crippen LogP contribution is -2.41. The number of rotatable bonds is 7. The standard InChI is InChI=1S/C32H29ClF3NO3S/c1-19-7-14-24(15-8-19)37(31(39)29-28(33)25-5-3-4-6-27(25)41-29)18-23-17-22(13-16-26(23)40-2)20-9-11-21(12-10-20)30(38)32(34,35)36/h3-6,9-13,16-17,19,24H,7-8,14-15,18H2,1-2H3. The van der Waals surface area contributed by atoms with E-state index in [1.165, 1.54) is 35.6 Å². The number of Topliss-reactive ketones (excluding diaryl/α,β-unsaturated/α-hetero) is 1. The SMILES string of the molecule is COc1ccc(-c2ccc(C(=O)C(F)(F)F)cc2)cc1CN(C(=O)c1sc2ccccc2c1Cl)C1CCC(C)CC1. The highest BCUT2D eigenvalue weighted by atomic mass is 35.5. The fourth-order valence-electron chi connectivity index (χ4n) is 5.45. The maximum absolute atomic E-state index is 14.1. The van der Waals surface area contributed by atoms with E-state index in [9.17, 15) is 22.8 Å². The number of halogens is 4. The third-order valence-corrected chi connectivity index (χ3v) is 9.44. The normalized spacial score (nSPS) is 17.4. The Morgan fingerprint density at radius 1 is 0.976 bits per heavy atom. The van der Waals surface area contributed by atoms with E-state index in [4.69, 9.17) is 16.3 Å². The second kappa shape index (κ2) is 11.9. The van der Waals surface area contributed by atoms with Crippen LogP contribution in [0, 0.1) is 5.92 Å². The lowest BCUT2D eigenvalue weighted by Gasteiger charge is -2.36. The predicted octanol–water partition coefficient (Wildman–Crippen LogP) is 9.20. The first-order valence-corrected chi connectivity index (χ1v) is 14.6. The molecule has 0 saturated heterocycles. The minimum Gasteiger partial charge on any atom is -0.496 e. The van der Waals surface area contributed by atoms with E-state index in [2.05, 4.69) is 6.92 Å². The van der Waals surface area contributed by atoms with Gasteiger partial charge in [0.25, 0.3) is 11.7 Å². The number of nitrogens with zero attached hydrogens (tertiary/aromatic N) is 1. The zero-order chi connectivity index (χ0) is 29.3. The van der Waals surface area contributed by atoms with Gasteiger partial charge in [0.15, 0.2) is 0 Å². The van der Waals surface area contributed by atoms with Crippen LogP contribution >= 0.6 is 22.9 Å². The second-order valence-electron chi connectivity index (χ2n) is 10.5. The number of amides is 1. The van der Waals surface area contributed by atoms with Crippen molar-refractivity contribution in [3.63, 3.8) is 0 Å². The number of alkyl halides is 3. The van der Waals surface area contributed by atoms with Gasteiger partial charge in [-0.2, -0.15) is 13.2 Å². The molecule has 4 nitrogen and oxygen atoms in total. The van der Waals surface area contributed by atoms with Gasteiger partial charge in [-0.25, -0.2) is 0 Å². The number of hydrogen-bond acceptors (Lipinski definition) is 4. The van der Waals surface area contributed by atoms with E-state index in [1.807, 2.05) is 35.2 Å². The van der Waals surface area contributed by atoms with Crippen molar-refractivity contribution in [2.75, 3.05) is 7.11 Å². The first-order valence-electron chi connectivity index (χ1n) is 13.4. The molecule has 0 bridgehead atoms. The summed E-state index contributed by atoms with van der Waals surface area (Å²) in [7, 11) is 1.56. The van der Waals surface area contributed by atoms with E-state index in [1.54, 1.807) is 19.2 Å². The zero-order valence-electron chi connectivity index (χ0n) is 22.6. The summed E-state index contributed by atoms with van der Waals surface area (Å²) in [6.07, 6.45) is -1.12. The Morgan fingerprint density at radius 2 is 1.63 bits per heavy atom. The Hall–Kier alpha value is -3.36. The van der Waals surface area contributed by atoms with Crippen molar-refractivity contribution < 1.29 is 27.5 Å². The molecule has 0 atom stereocenters. The minimum atomic E-state index is -4.93. The topological polar surface area (TPSA) is 46.6 Å². The molecule has 41 heavy (non-hydrogen) atoms. The van der Waals surface area contributed by atoms with Gasteiger partial charge in [0.1, 0.15) is 10.6 Å². The molecule has 1 saturated carbocycles. The smallest absolute Gasteiger partial charge is 0.454 e. The second-order valence-corrected chi connectivity index (χ2v) is 11.9. The summed E-state index contributed by atoms with van der Waals surface area (Å²) in [6.45, 7) is 2.51. The van der Waals surface area contributed by atoms with Crippen molar-refractivity contribution in [3.8, 4) is 16.9 Å². The highest BCUT2D eigenvalue weighted by molar-refractivity contribution is 7.21. The quantitative estimate of drug-likeness (QED) is 0.199. The summed E-state index contributed by atoms with van der Waals surface area (Å²) in [4.78, 5) is 28.2. The molecule has 1 amide bonds. The Morgan fingerprint density at radius 3 is 2.27 bits per heavy atom. The van der Waals surface area contributed by atoms with Gasteiger partial charge in [0, 0.05) is 33.8 Å². The summed E-state index contributed by atoms with van der Waals surface area (Å²) >= 11 is 8.12. The predicted molar refractivity (Wildman–Crippen MR) is 157 cm³/mol. The van der Waals surface area contributed by atoms with Gasteiger partial charge in [-0.15, -0.1) is 11.3 Å². The minimum absolute atomic E-state index is 0.0287. The number of ether oxygens (including phenoxy) is 1. The third kappa shape index (κ3) is 6.14. The number of fused-ring (bicyclic) bond motifs is 1. The van der Waals surface area contributed by atoms with E-state index in [-0.39, 0.29) is 18.5 Å². The number of hydrogen-bond donors (Lipinski definition) is 0. The van der Waals surface area contributed by atoms with E-state index >= 15 is 0 Å². The third-order valence-electron chi connectivity index (χ3n) is 7.78. The van der Waals surface area contributed by atoms with Crippen molar-refractivity contribution >= 4 is 44.7 Å². The molecule has 1 fully saturated rings. The largest absolute Gasteiger partial charge is 0.496 e. The summed E-state index contributed by atoms with van der Waals surface area (Å²) in [6, 6.07) is 18.5. The molecule has 9 heteroatoms. The molecule has 0 spiro atoms. The van der Waals surface area contributed by atoms with Crippen LogP contribution in [0.3, 0.4) is 0 Å². The molecular weight excluding hydrogens is 571 g/mol. The Balaban J connectivity index is 1.50. The Labute approximate surface area is 245 Å². The first-order chi connectivity index (χ1) is 19.6. The number of carbonyl (C=O) groups is 2. The van der Waals surface area contributed by atoms with Gasteiger partial charge in [-0.05, 0) is 60.9 Å². The fraction of sp³-hybridized carbons (Fsp3) is 0.312. The summed E-state index contributed by atoms with van der Waals surface area (Å²) < 4.78 is 45.2. The molecule has 214 valence electrons. The molecule has 1 aromatic heterocycles. The van der Waals surface area contributed by atoms with Crippen LogP contribution in [0.25, 0.3) is 21.2 Å². The molecular formula is C32H29ClF3NO3S. The van der Waals surface area contributed by atoms with Crippen LogP contribution in [0.4, 0.5) is 13.2 Å². The number of thiophene rings is 1. The van der Waals surface area contributed by atoms with E-state index in [0.29, 0.717) is 27.1 Å². The molecule has 1 aliphatic rings. The first kappa shape index (κ1) is 29.1. The highest BCUT2D eigenvalue weighted by Crippen LogP contribution is 2.39. The summed E-state index contributed by atoms with van der Waals surface area (Å²) in [5.41, 5.74) is 1.73. The molecule has 1 heterocycles. The molecule has 0 unspecified atom stereocenters. The summed E-state index contributed by atoms with van der Waals surface area (Å²) in [5, 5.41) is 1.31. The van der Waals surface area contributed by atoms with Crippen LogP contribution in [-0.4, -0.2) is 35.9 Å². The fourth-order valence-corrected chi connectivity index (χ4v) is 6.91. The van der Waals surface area contributed by atoms with Gasteiger partial charge in [0.05, 0.1) is 12.1 Å². The average molecular weight is 600 g/mol. The molecule has 0 N–H and O–H groups in total. The zero-order valence-corrected chi connectivity index (χ0v) is 24.2. The van der Waals surface area contributed by atoms with Crippen molar-refractivity contribution in [1.29, 1.82) is 0 Å². The monoisotopic (exact) mass is 599 g/mol. The van der Waals surface area contributed by atoms with Crippen molar-refractivity contribution in [2.24, 2.45) is 5.92 Å². The van der Waals surface area contributed by atoms with Gasteiger partial charge in [-0.1, -0.05) is 67.1 Å². The number of ketones is 1. The molecule has 0 aliphatic heterocycles. The highest BCUT2D eigenvalue weighted by Gasteiger charge is 2.39. The molecule has 4 aromatic rings. The van der Waals surface area contributed by atoms with Crippen LogP contribution in [0.5, 0.6) is 5.75 Å².